The van der Waals surface area contributed by atoms with Crippen molar-refractivity contribution in [2.75, 3.05) is 13.1 Å². The van der Waals surface area contributed by atoms with Gasteiger partial charge in [0.15, 0.2) is 0 Å². The van der Waals surface area contributed by atoms with Crippen LogP contribution in [0.4, 0.5) is 0 Å². The number of alkyl halides is 1. The largest absolute Gasteiger partial charge is 0.363 e. The number of nitrogens with one attached hydrogen (secondary N) is 1. The molecular formula is C12H19ClN2O2S. The summed E-state index contributed by atoms with van der Waals surface area (Å²) in [5, 5.41) is 0. The Morgan fingerprint density at radius 3 is 2.33 bits per heavy atom. The van der Waals surface area contributed by atoms with E-state index in [9.17, 15) is 8.42 Å². The molecule has 1 aliphatic rings. The van der Waals surface area contributed by atoms with E-state index in [0.29, 0.717) is 23.9 Å². The normalized spacial score (nSPS) is 19.4. The van der Waals surface area contributed by atoms with Crippen molar-refractivity contribution < 1.29 is 8.42 Å². The van der Waals surface area contributed by atoms with E-state index in [1.54, 1.807) is 10.4 Å². The summed E-state index contributed by atoms with van der Waals surface area (Å²) in [6, 6.07) is 1.63. The average Bonchev–Trinajstić information content (AvgIpc) is 2.76. The fourth-order valence-electron chi connectivity index (χ4n) is 2.25. The molecule has 2 rings (SSSR count). The second kappa shape index (κ2) is 6.08. The lowest BCUT2D eigenvalue weighted by atomic mass is 10.1. The first-order chi connectivity index (χ1) is 8.64. The molecule has 0 saturated carbocycles. The van der Waals surface area contributed by atoms with E-state index in [-0.39, 0.29) is 0 Å². The molecule has 102 valence electrons. The molecule has 1 N–H and O–H groups in total. The number of halogens is 1. The average molecular weight is 291 g/mol. The molecule has 18 heavy (non-hydrogen) atoms. The topological polar surface area (TPSA) is 53.2 Å². The number of nitrogens with zero attached hydrogens (tertiary/aromatic N) is 1. The van der Waals surface area contributed by atoms with Crippen molar-refractivity contribution in [1.82, 2.24) is 9.29 Å². The third kappa shape index (κ3) is 3.08. The van der Waals surface area contributed by atoms with Crippen LogP contribution in [-0.2, 0) is 15.9 Å². The fourth-order valence-corrected chi connectivity index (χ4v) is 3.94. The number of H-pyrrole nitrogens is 1. The fraction of sp³-hybridized carbons (Fsp3) is 0.667. The maximum Gasteiger partial charge on any atom is 0.244 e. The van der Waals surface area contributed by atoms with Gasteiger partial charge in [-0.3, -0.25) is 0 Å². The molecule has 1 saturated heterocycles. The third-order valence-electron chi connectivity index (χ3n) is 3.31. The SMILES string of the molecule is O=S(=O)(c1c[nH]c(CCl)c1)N1CCCCCCC1. The summed E-state index contributed by atoms with van der Waals surface area (Å²) in [5.74, 6) is 0.301. The van der Waals surface area contributed by atoms with Crippen LogP contribution < -0.4 is 0 Å². The zero-order valence-electron chi connectivity index (χ0n) is 10.4. The second-order valence-electron chi connectivity index (χ2n) is 4.67. The molecule has 4 nitrogen and oxygen atoms in total. The monoisotopic (exact) mass is 290 g/mol. The molecule has 0 radical (unpaired) electrons. The van der Waals surface area contributed by atoms with E-state index in [2.05, 4.69) is 4.98 Å². The minimum Gasteiger partial charge on any atom is -0.363 e. The predicted octanol–water partition coefficient (Wildman–Crippen LogP) is 2.71. The highest BCUT2D eigenvalue weighted by molar-refractivity contribution is 7.89. The Hall–Kier alpha value is -0.520. The molecule has 1 aromatic heterocycles. The van der Waals surface area contributed by atoms with E-state index >= 15 is 0 Å². The third-order valence-corrected chi connectivity index (χ3v) is 5.48. The number of hydrogen-bond acceptors (Lipinski definition) is 2. The highest BCUT2D eigenvalue weighted by Crippen LogP contribution is 2.21. The molecule has 2 heterocycles. The lowest BCUT2D eigenvalue weighted by Gasteiger charge is -2.23. The molecule has 0 amide bonds. The van der Waals surface area contributed by atoms with Gasteiger partial charge in [-0.25, -0.2) is 8.42 Å². The van der Waals surface area contributed by atoms with Gasteiger partial charge in [0.25, 0.3) is 0 Å². The highest BCUT2D eigenvalue weighted by atomic mass is 35.5. The van der Waals surface area contributed by atoms with Crippen LogP contribution in [0.3, 0.4) is 0 Å². The highest BCUT2D eigenvalue weighted by Gasteiger charge is 2.25. The van der Waals surface area contributed by atoms with Crippen LogP contribution in [0.25, 0.3) is 0 Å². The summed E-state index contributed by atoms with van der Waals surface area (Å²) < 4.78 is 26.5. The molecule has 0 unspecified atom stereocenters. The van der Waals surface area contributed by atoms with E-state index < -0.39 is 10.0 Å². The van der Waals surface area contributed by atoms with Gasteiger partial charge in [-0.2, -0.15) is 4.31 Å². The van der Waals surface area contributed by atoms with Gasteiger partial charge in [-0.15, -0.1) is 11.6 Å². The Morgan fingerprint density at radius 1 is 1.17 bits per heavy atom. The van der Waals surface area contributed by atoms with Gasteiger partial charge in [-0.1, -0.05) is 19.3 Å². The summed E-state index contributed by atoms with van der Waals surface area (Å²) in [7, 11) is -3.35. The zero-order valence-corrected chi connectivity index (χ0v) is 11.9. The van der Waals surface area contributed by atoms with Gasteiger partial charge in [0.05, 0.1) is 10.8 Å². The first-order valence-corrected chi connectivity index (χ1v) is 8.35. The van der Waals surface area contributed by atoms with E-state index in [0.717, 1.165) is 31.4 Å². The number of aromatic nitrogens is 1. The van der Waals surface area contributed by atoms with Gasteiger partial charge >= 0.3 is 0 Å². The van der Waals surface area contributed by atoms with Gasteiger partial charge in [0.2, 0.25) is 10.0 Å². The molecule has 1 fully saturated rings. The Bertz CT molecular complexity index is 476. The molecule has 0 atom stereocenters. The zero-order chi connectivity index (χ0) is 13.0. The summed E-state index contributed by atoms with van der Waals surface area (Å²) in [6.07, 6.45) is 6.89. The van der Waals surface area contributed by atoms with Gasteiger partial charge in [0.1, 0.15) is 0 Å². The molecular weight excluding hydrogens is 272 g/mol. The number of hydrogen-bond donors (Lipinski definition) is 1. The van der Waals surface area contributed by atoms with Crippen LogP contribution in [0.2, 0.25) is 0 Å². The minimum atomic E-state index is -3.35. The van der Waals surface area contributed by atoms with Crippen LogP contribution in [0.5, 0.6) is 0 Å². The molecule has 1 aromatic rings. The minimum absolute atomic E-state index is 0.301. The molecule has 0 bridgehead atoms. The Labute approximate surface area is 113 Å². The Balaban J connectivity index is 2.17. The molecule has 0 aromatic carbocycles. The van der Waals surface area contributed by atoms with E-state index in [1.165, 1.54) is 12.6 Å². The van der Waals surface area contributed by atoms with Crippen molar-refractivity contribution in [2.24, 2.45) is 0 Å². The second-order valence-corrected chi connectivity index (χ2v) is 6.87. The standard InChI is InChI=1S/C12H19ClN2O2S/c13-9-11-8-12(10-14-11)18(16,17)15-6-4-2-1-3-5-7-15/h8,10,14H,1-7,9H2. The van der Waals surface area contributed by atoms with Crippen LogP contribution in [-0.4, -0.2) is 30.8 Å². The lowest BCUT2D eigenvalue weighted by Crippen LogP contribution is -2.33. The Morgan fingerprint density at radius 2 is 1.78 bits per heavy atom. The first kappa shape index (κ1) is 13.9. The molecule has 1 aliphatic heterocycles. The van der Waals surface area contributed by atoms with E-state index in [1.807, 2.05) is 0 Å². The molecule has 0 aliphatic carbocycles. The van der Waals surface area contributed by atoms with Crippen molar-refractivity contribution in [2.45, 2.75) is 42.9 Å². The van der Waals surface area contributed by atoms with Gasteiger partial charge < -0.3 is 4.98 Å². The number of rotatable bonds is 3. The van der Waals surface area contributed by atoms with Crippen LogP contribution in [0, 0.1) is 0 Å². The lowest BCUT2D eigenvalue weighted by molar-refractivity contribution is 0.364. The molecule has 6 heteroatoms. The van der Waals surface area contributed by atoms with Gasteiger partial charge in [-0.05, 0) is 18.9 Å². The maximum atomic E-state index is 12.4. The summed E-state index contributed by atoms with van der Waals surface area (Å²) in [6.45, 7) is 1.26. The van der Waals surface area contributed by atoms with Crippen molar-refractivity contribution in [3.63, 3.8) is 0 Å². The van der Waals surface area contributed by atoms with Crippen molar-refractivity contribution in [3.05, 3.63) is 18.0 Å². The van der Waals surface area contributed by atoms with Crippen LogP contribution in [0.15, 0.2) is 17.2 Å². The summed E-state index contributed by atoms with van der Waals surface area (Å²) in [5.41, 5.74) is 0.738. The Kier molecular flexibility index (Phi) is 4.70. The first-order valence-electron chi connectivity index (χ1n) is 6.38. The number of sulfonamides is 1. The smallest absolute Gasteiger partial charge is 0.244 e. The van der Waals surface area contributed by atoms with Crippen LogP contribution >= 0.6 is 11.6 Å². The van der Waals surface area contributed by atoms with Crippen molar-refractivity contribution in [3.8, 4) is 0 Å². The van der Waals surface area contributed by atoms with Crippen LogP contribution in [0.1, 0.15) is 37.8 Å². The molecule has 0 spiro atoms. The van der Waals surface area contributed by atoms with Gasteiger partial charge in [0, 0.05) is 25.0 Å². The van der Waals surface area contributed by atoms with Crippen molar-refractivity contribution >= 4 is 21.6 Å². The van der Waals surface area contributed by atoms with Crippen molar-refractivity contribution in [1.29, 1.82) is 0 Å². The summed E-state index contributed by atoms with van der Waals surface area (Å²) in [4.78, 5) is 3.22. The number of aromatic amines is 1. The summed E-state index contributed by atoms with van der Waals surface area (Å²) >= 11 is 5.68. The quantitative estimate of drug-likeness (QED) is 0.870. The maximum absolute atomic E-state index is 12.4. The van der Waals surface area contributed by atoms with E-state index in [4.69, 9.17) is 11.6 Å². The predicted molar refractivity (Wildman–Crippen MR) is 72.2 cm³/mol.